The summed E-state index contributed by atoms with van der Waals surface area (Å²) in [4.78, 5) is 10.6. The van der Waals surface area contributed by atoms with Gasteiger partial charge in [0, 0.05) is 0 Å². The fourth-order valence-corrected chi connectivity index (χ4v) is 2.52. The standard InChI is InChI=1S/C9H8Cl2N2O4S2/c10-5-8(11)17-6-3-1-2-4-7(6)19(15,16)13(18)9(12)14/h1-5,18H,(H2,12,14). The van der Waals surface area contributed by atoms with Crippen LogP contribution in [0.15, 0.2) is 39.9 Å². The second-order valence-electron chi connectivity index (χ2n) is 3.05. The number of benzene rings is 1. The van der Waals surface area contributed by atoms with Crippen LogP contribution in [0.5, 0.6) is 5.75 Å². The first-order valence-electron chi connectivity index (χ1n) is 4.57. The zero-order valence-electron chi connectivity index (χ0n) is 9.16. The number of amides is 2. The number of nitrogens with zero attached hydrogens (tertiary/aromatic N) is 1. The summed E-state index contributed by atoms with van der Waals surface area (Å²) < 4.78 is 29.2. The first-order chi connectivity index (χ1) is 8.80. The van der Waals surface area contributed by atoms with E-state index < -0.39 is 16.1 Å². The molecule has 0 saturated heterocycles. The predicted molar refractivity (Wildman–Crippen MR) is 74.5 cm³/mol. The van der Waals surface area contributed by atoms with Gasteiger partial charge in [0.2, 0.25) is 5.22 Å². The molecule has 0 aliphatic rings. The van der Waals surface area contributed by atoms with Crippen LogP contribution in [-0.2, 0) is 10.0 Å². The molecule has 0 saturated carbocycles. The van der Waals surface area contributed by atoms with Gasteiger partial charge in [-0.15, -0.1) is 0 Å². The van der Waals surface area contributed by atoms with Crippen molar-refractivity contribution in [2.75, 3.05) is 0 Å². The van der Waals surface area contributed by atoms with Crippen LogP contribution in [0.25, 0.3) is 0 Å². The van der Waals surface area contributed by atoms with Gasteiger partial charge in [0.05, 0.1) is 5.54 Å². The molecule has 6 nitrogen and oxygen atoms in total. The van der Waals surface area contributed by atoms with Crippen LogP contribution in [0.4, 0.5) is 4.79 Å². The third kappa shape index (κ3) is 3.69. The Morgan fingerprint density at radius 3 is 2.53 bits per heavy atom. The zero-order chi connectivity index (χ0) is 14.6. The van der Waals surface area contributed by atoms with Crippen molar-refractivity contribution in [3.8, 4) is 5.75 Å². The van der Waals surface area contributed by atoms with Crippen LogP contribution in [0.2, 0.25) is 0 Å². The number of ether oxygens (including phenoxy) is 1. The van der Waals surface area contributed by atoms with Crippen molar-refractivity contribution in [2.45, 2.75) is 4.90 Å². The maximum absolute atomic E-state index is 12.0. The number of primary amides is 1. The number of hydrogen-bond acceptors (Lipinski definition) is 5. The Balaban J connectivity index is 3.32. The van der Waals surface area contributed by atoms with Gasteiger partial charge in [0.15, 0.2) is 0 Å². The number of halogens is 2. The Labute approximate surface area is 125 Å². The minimum Gasteiger partial charge on any atom is -0.443 e. The summed E-state index contributed by atoms with van der Waals surface area (Å²) in [5.41, 5.74) is 5.78. The molecule has 0 spiro atoms. The molecule has 0 aliphatic heterocycles. The highest BCUT2D eigenvalue weighted by atomic mass is 35.5. The molecule has 0 fully saturated rings. The van der Waals surface area contributed by atoms with Crippen molar-refractivity contribution >= 4 is 52.1 Å². The highest BCUT2D eigenvalue weighted by Gasteiger charge is 2.28. The van der Waals surface area contributed by atoms with E-state index in [1.807, 2.05) is 0 Å². The monoisotopic (exact) mass is 342 g/mol. The van der Waals surface area contributed by atoms with Gasteiger partial charge >= 0.3 is 6.03 Å². The fraction of sp³-hybridized carbons (Fsp3) is 0. The fourth-order valence-electron chi connectivity index (χ4n) is 1.09. The van der Waals surface area contributed by atoms with Gasteiger partial charge in [-0.1, -0.05) is 23.7 Å². The second kappa shape index (κ2) is 6.38. The Morgan fingerprint density at radius 2 is 2.00 bits per heavy atom. The van der Waals surface area contributed by atoms with E-state index in [1.54, 1.807) is 0 Å². The average molecular weight is 343 g/mol. The number of carbonyl (C=O) groups excluding carboxylic acids is 1. The van der Waals surface area contributed by atoms with Gasteiger partial charge in [-0.05, 0) is 36.5 Å². The lowest BCUT2D eigenvalue weighted by Gasteiger charge is -2.15. The van der Waals surface area contributed by atoms with Crippen molar-refractivity contribution in [1.82, 2.24) is 3.71 Å². The van der Waals surface area contributed by atoms with E-state index in [4.69, 9.17) is 33.7 Å². The SMILES string of the molecule is NC(=O)N(S)S(=O)(=O)c1ccccc1OC(Cl)=CCl. The molecule has 1 aromatic carbocycles. The molecule has 0 unspecified atom stereocenters. The summed E-state index contributed by atoms with van der Waals surface area (Å²) in [6.07, 6.45) is 0. The molecule has 2 amide bonds. The van der Waals surface area contributed by atoms with Gasteiger partial charge < -0.3 is 10.5 Å². The second-order valence-corrected chi connectivity index (χ2v) is 6.06. The Morgan fingerprint density at radius 1 is 1.42 bits per heavy atom. The molecule has 19 heavy (non-hydrogen) atoms. The average Bonchev–Trinajstić information content (AvgIpc) is 2.37. The topological polar surface area (TPSA) is 89.7 Å². The van der Waals surface area contributed by atoms with E-state index in [0.29, 0.717) is 0 Å². The molecule has 10 heteroatoms. The summed E-state index contributed by atoms with van der Waals surface area (Å²) in [6, 6.07) is 4.23. The number of rotatable bonds is 4. The van der Waals surface area contributed by atoms with Crippen molar-refractivity contribution in [1.29, 1.82) is 0 Å². The molecule has 1 rings (SSSR count). The van der Waals surface area contributed by atoms with E-state index in [0.717, 1.165) is 5.54 Å². The smallest absolute Gasteiger partial charge is 0.339 e. The quantitative estimate of drug-likeness (QED) is 0.648. The third-order valence-electron chi connectivity index (χ3n) is 1.84. The van der Waals surface area contributed by atoms with Crippen LogP contribution in [0.1, 0.15) is 0 Å². The molecule has 0 aromatic heterocycles. The summed E-state index contributed by atoms with van der Waals surface area (Å²) >= 11 is 14.4. The van der Waals surface area contributed by atoms with Gasteiger partial charge in [-0.3, -0.25) is 0 Å². The molecule has 0 heterocycles. The third-order valence-corrected chi connectivity index (χ3v) is 4.70. The van der Waals surface area contributed by atoms with Crippen LogP contribution in [0, 0.1) is 0 Å². The lowest BCUT2D eigenvalue weighted by atomic mass is 10.3. The predicted octanol–water partition coefficient (Wildman–Crippen LogP) is 2.26. The Bertz CT molecular complexity index is 618. The van der Waals surface area contributed by atoms with Crippen LogP contribution < -0.4 is 10.5 Å². The largest absolute Gasteiger partial charge is 0.443 e. The molecule has 104 valence electrons. The van der Waals surface area contributed by atoms with Crippen molar-refractivity contribution in [3.05, 3.63) is 35.0 Å². The van der Waals surface area contributed by atoms with Gasteiger partial charge in [0.1, 0.15) is 10.6 Å². The molecular weight excluding hydrogens is 335 g/mol. The van der Waals surface area contributed by atoms with Gasteiger partial charge in [0.25, 0.3) is 10.0 Å². The summed E-state index contributed by atoms with van der Waals surface area (Å²) in [5, 5.41) is -0.242. The lowest BCUT2D eigenvalue weighted by Crippen LogP contribution is -2.33. The lowest BCUT2D eigenvalue weighted by molar-refractivity contribution is 0.245. The molecule has 0 bridgehead atoms. The molecule has 1 aromatic rings. The summed E-state index contributed by atoms with van der Waals surface area (Å²) in [6.45, 7) is 0. The van der Waals surface area contributed by atoms with Gasteiger partial charge in [-0.25, -0.2) is 4.79 Å². The minimum absolute atomic E-state index is 0.0908. The molecule has 0 aliphatic carbocycles. The highest BCUT2D eigenvalue weighted by Crippen LogP contribution is 2.29. The van der Waals surface area contributed by atoms with E-state index >= 15 is 0 Å². The number of urea groups is 1. The number of para-hydroxylation sites is 1. The summed E-state index contributed by atoms with van der Waals surface area (Å²) in [5.74, 6) is -0.121. The molecule has 2 N–H and O–H groups in total. The van der Waals surface area contributed by atoms with Gasteiger partial charge in [-0.2, -0.15) is 12.1 Å². The number of carbonyl (C=O) groups is 1. The first-order valence-corrected chi connectivity index (χ1v) is 7.22. The minimum atomic E-state index is -4.25. The number of sulfonamides is 1. The van der Waals surface area contributed by atoms with E-state index in [-0.39, 0.29) is 19.6 Å². The Hall–Kier alpha value is -1.09. The summed E-state index contributed by atoms with van der Waals surface area (Å²) in [7, 11) is -4.25. The number of hydrogen-bond donors (Lipinski definition) is 2. The number of nitrogens with two attached hydrogens (primary N) is 1. The van der Waals surface area contributed by atoms with E-state index in [9.17, 15) is 13.2 Å². The maximum Gasteiger partial charge on any atom is 0.339 e. The molecule has 0 atom stereocenters. The number of thiol groups is 1. The van der Waals surface area contributed by atoms with Crippen LogP contribution in [-0.4, -0.2) is 18.2 Å². The normalized spacial score (nSPS) is 12.1. The molecular formula is C9H8Cl2N2O4S2. The van der Waals surface area contributed by atoms with Crippen molar-refractivity contribution in [2.24, 2.45) is 5.73 Å². The van der Waals surface area contributed by atoms with E-state index in [2.05, 4.69) is 12.8 Å². The Kier molecular flexibility index (Phi) is 5.36. The van der Waals surface area contributed by atoms with Crippen molar-refractivity contribution in [3.63, 3.8) is 0 Å². The highest BCUT2D eigenvalue weighted by molar-refractivity contribution is 8.00. The maximum atomic E-state index is 12.0. The first kappa shape index (κ1) is 16.0. The van der Waals surface area contributed by atoms with Crippen molar-refractivity contribution < 1.29 is 17.9 Å². The van der Waals surface area contributed by atoms with Crippen LogP contribution in [0.3, 0.4) is 0 Å². The zero-order valence-corrected chi connectivity index (χ0v) is 12.4. The van der Waals surface area contributed by atoms with Crippen LogP contribution >= 0.6 is 36.0 Å². The molecule has 0 radical (unpaired) electrons. The van der Waals surface area contributed by atoms with E-state index in [1.165, 1.54) is 24.3 Å².